The number of hydrogen-bond donors (Lipinski definition) is 2. The zero-order valence-electron chi connectivity index (χ0n) is 15.8. The Morgan fingerprint density at radius 2 is 1.89 bits per heavy atom. The molecule has 0 saturated heterocycles. The number of carbonyl (C=O) groups is 2. The van der Waals surface area contributed by atoms with Gasteiger partial charge in [0.1, 0.15) is 23.4 Å². The summed E-state index contributed by atoms with van der Waals surface area (Å²) < 4.78 is 9.95. The van der Waals surface area contributed by atoms with Gasteiger partial charge in [-0.05, 0) is 30.2 Å². The van der Waals surface area contributed by atoms with Crippen LogP contribution in [0.5, 0.6) is 5.75 Å². The Morgan fingerprint density at radius 3 is 2.48 bits per heavy atom. The number of carbonyl (C=O) groups excluding carboxylic acids is 2. The molecule has 9 heteroatoms. The number of aromatic nitrogens is 2. The summed E-state index contributed by atoms with van der Waals surface area (Å²) in [7, 11) is 3.03. The zero-order valence-corrected chi connectivity index (χ0v) is 16.6. The largest absolute Gasteiger partial charge is 0.497 e. The fourth-order valence-electron chi connectivity index (χ4n) is 2.36. The molecule has 0 radical (unpaired) electrons. The van der Waals surface area contributed by atoms with Crippen LogP contribution in [-0.2, 0) is 14.3 Å². The van der Waals surface area contributed by atoms with E-state index in [-0.39, 0.29) is 24.3 Å². The standard InChI is InChI=1S/C18H24N4O4S/c1-5-11(2)15(19-14(23)10-25-3)16(24)20-18-22-21-17(27-18)12-6-8-13(26-4)9-7-12/h6-9,11,15H,5,10H2,1-4H3,(H,19,23)(H,20,22,24). The summed E-state index contributed by atoms with van der Waals surface area (Å²) >= 11 is 1.26. The van der Waals surface area contributed by atoms with E-state index in [0.29, 0.717) is 10.1 Å². The molecule has 0 bridgehead atoms. The van der Waals surface area contributed by atoms with E-state index in [9.17, 15) is 9.59 Å². The fraction of sp³-hybridized carbons (Fsp3) is 0.444. The van der Waals surface area contributed by atoms with Gasteiger partial charge in [-0.2, -0.15) is 0 Å². The Labute approximate surface area is 162 Å². The second kappa shape index (κ2) is 9.98. The first kappa shape index (κ1) is 20.8. The molecular weight excluding hydrogens is 368 g/mol. The van der Waals surface area contributed by atoms with E-state index >= 15 is 0 Å². The molecule has 27 heavy (non-hydrogen) atoms. The van der Waals surface area contributed by atoms with Crippen molar-refractivity contribution in [2.45, 2.75) is 26.3 Å². The van der Waals surface area contributed by atoms with Crippen molar-refractivity contribution in [2.75, 3.05) is 26.1 Å². The number of nitrogens with one attached hydrogen (secondary N) is 2. The first-order chi connectivity index (χ1) is 13.0. The number of methoxy groups -OCH3 is 2. The molecule has 0 spiro atoms. The SMILES string of the molecule is CCC(C)C(NC(=O)COC)C(=O)Nc1nnc(-c2ccc(OC)cc2)s1. The number of anilines is 1. The van der Waals surface area contributed by atoms with Crippen molar-refractivity contribution in [3.8, 4) is 16.3 Å². The Bertz CT molecular complexity index is 763. The van der Waals surface area contributed by atoms with Crippen LogP contribution in [0.4, 0.5) is 5.13 Å². The second-order valence-corrected chi connectivity index (χ2v) is 6.97. The molecule has 0 aliphatic carbocycles. The van der Waals surface area contributed by atoms with Gasteiger partial charge in [-0.1, -0.05) is 31.6 Å². The fourth-order valence-corrected chi connectivity index (χ4v) is 3.11. The minimum absolute atomic E-state index is 0.0419. The maximum atomic E-state index is 12.6. The van der Waals surface area contributed by atoms with Crippen molar-refractivity contribution in [1.82, 2.24) is 15.5 Å². The van der Waals surface area contributed by atoms with Crippen LogP contribution in [0.1, 0.15) is 20.3 Å². The lowest BCUT2D eigenvalue weighted by atomic mass is 9.98. The number of rotatable bonds is 9. The average molecular weight is 392 g/mol. The molecule has 0 saturated carbocycles. The van der Waals surface area contributed by atoms with E-state index in [1.807, 2.05) is 38.1 Å². The molecule has 1 heterocycles. The molecule has 2 aromatic rings. The van der Waals surface area contributed by atoms with Crippen molar-refractivity contribution >= 4 is 28.3 Å². The smallest absolute Gasteiger partial charge is 0.249 e. The third-order valence-electron chi connectivity index (χ3n) is 4.08. The van der Waals surface area contributed by atoms with Crippen molar-refractivity contribution < 1.29 is 19.1 Å². The van der Waals surface area contributed by atoms with Gasteiger partial charge in [-0.3, -0.25) is 14.9 Å². The summed E-state index contributed by atoms with van der Waals surface area (Å²) in [5.74, 6) is 0.0418. The Kier molecular flexibility index (Phi) is 7.68. The van der Waals surface area contributed by atoms with Crippen LogP contribution >= 0.6 is 11.3 Å². The molecule has 1 aromatic carbocycles. The predicted molar refractivity (Wildman–Crippen MR) is 104 cm³/mol. The highest BCUT2D eigenvalue weighted by atomic mass is 32.1. The normalized spacial score (nSPS) is 12.9. The monoisotopic (exact) mass is 392 g/mol. The van der Waals surface area contributed by atoms with Crippen LogP contribution in [0.25, 0.3) is 10.6 Å². The summed E-state index contributed by atoms with van der Waals surface area (Å²) in [5.41, 5.74) is 0.876. The Morgan fingerprint density at radius 1 is 1.19 bits per heavy atom. The van der Waals surface area contributed by atoms with E-state index in [0.717, 1.165) is 17.7 Å². The van der Waals surface area contributed by atoms with Crippen molar-refractivity contribution in [3.63, 3.8) is 0 Å². The molecule has 2 N–H and O–H groups in total. The van der Waals surface area contributed by atoms with Gasteiger partial charge in [0, 0.05) is 12.7 Å². The lowest BCUT2D eigenvalue weighted by Crippen LogP contribution is -2.48. The molecule has 1 aromatic heterocycles. The van der Waals surface area contributed by atoms with Gasteiger partial charge in [-0.15, -0.1) is 10.2 Å². The maximum Gasteiger partial charge on any atom is 0.249 e. The van der Waals surface area contributed by atoms with E-state index in [2.05, 4.69) is 20.8 Å². The van der Waals surface area contributed by atoms with Gasteiger partial charge in [0.05, 0.1) is 7.11 Å². The summed E-state index contributed by atoms with van der Waals surface area (Å²) in [4.78, 5) is 24.5. The third kappa shape index (κ3) is 5.73. The van der Waals surface area contributed by atoms with Crippen molar-refractivity contribution in [3.05, 3.63) is 24.3 Å². The number of amides is 2. The maximum absolute atomic E-state index is 12.6. The van der Waals surface area contributed by atoms with E-state index in [4.69, 9.17) is 9.47 Å². The predicted octanol–water partition coefficient (Wildman–Crippen LogP) is 2.33. The molecule has 0 aliphatic rings. The summed E-state index contributed by atoms with van der Waals surface area (Å²) in [5, 5.41) is 14.6. The second-order valence-electron chi connectivity index (χ2n) is 5.99. The molecule has 146 valence electrons. The molecule has 2 atom stereocenters. The minimum Gasteiger partial charge on any atom is -0.497 e. The van der Waals surface area contributed by atoms with Crippen LogP contribution in [0.15, 0.2) is 24.3 Å². The topological polar surface area (TPSA) is 102 Å². The highest BCUT2D eigenvalue weighted by molar-refractivity contribution is 7.18. The number of hydrogen-bond acceptors (Lipinski definition) is 7. The van der Waals surface area contributed by atoms with Crippen LogP contribution in [0.3, 0.4) is 0 Å². The summed E-state index contributed by atoms with van der Waals surface area (Å²) in [6.07, 6.45) is 0.735. The molecule has 2 rings (SSSR count). The Balaban J connectivity index is 2.08. The molecule has 0 fully saturated rings. The molecule has 2 amide bonds. The van der Waals surface area contributed by atoms with Gasteiger partial charge in [-0.25, -0.2) is 0 Å². The number of ether oxygens (including phenoxy) is 2. The van der Waals surface area contributed by atoms with Gasteiger partial charge in [0.15, 0.2) is 0 Å². The summed E-state index contributed by atoms with van der Waals surface area (Å²) in [6.45, 7) is 3.76. The quantitative estimate of drug-likeness (QED) is 0.679. The zero-order chi connectivity index (χ0) is 19.8. The highest BCUT2D eigenvalue weighted by Crippen LogP contribution is 2.28. The van der Waals surface area contributed by atoms with Gasteiger partial charge in [0.2, 0.25) is 16.9 Å². The summed E-state index contributed by atoms with van der Waals surface area (Å²) in [6, 6.07) is 6.74. The Hall–Kier alpha value is -2.52. The van der Waals surface area contributed by atoms with Crippen LogP contribution in [-0.4, -0.2) is 48.9 Å². The highest BCUT2D eigenvalue weighted by Gasteiger charge is 2.26. The van der Waals surface area contributed by atoms with Crippen LogP contribution in [0, 0.1) is 5.92 Å². The number of nitrogens with zero attached hydrogens (tertiary/aromatic N) is 2. The third-order valence-corrected chi connectivity index (χ3v) is 4.97. The minimum atomic E-state index is -0.675. The first-order valence-corrected chi connectivity index (χ1v) is 9.37. The lowest BCUT2D eigenvalue weighted by molar-refractivity contribution is -0.130. The van der Waals surface area contributed by atoms with Crippen LogP contribution < -0.4 is 15.4 Å². The van der Waals surface area contributed by atoms with Crippen molar-refractivity contribution in [1.29, 1.82) is 0 Å². The molecule has 8 nitrogen and oxygen atoms in total. The van der Waals surface area contributed by atoms with Crippen LogP contribution in [0.2, 0.25) is 0 Å². The number of benzene rings is 1. The molecule has 0 aliphatic heterocycles. The van der Waals surface area contributed by atoms with Crippen molar-refractivity contribution in [2.24, 2.45) is 5.92 Å². The average Bonchev–Trinajstić information content (AvgIpc) is 3.14. The van der Waals surface area contributed by atoms with Gasteiger partial charge >= 0.3 is 0 Å². The molecule has 2 unspecified atom stereocenters. The van der Waals surface area contributed by atoms with Gasteiger partial charge in [0.25, 0.3) is 0 Å². The van der Waals surface area contributed by atoms with E-state index in [1.54, 1.807) is 7.11 Å². The first-order valence-electron chi connectivity index (χ1n) is 8.55. The molecular formula is C18H24N4O4S. The lowest BCUT2D eigenvalue weighted by Gasteiger charge is -2.22. The van der Waals surface area contributed by atoms with E-state index < -0.39 is 6.04 Å². The van der Waals surface area contributed by atoms with E-state index in [1.165, 1.54) is 18.4 Å². The van der Waals surface area contributed by atoms with Gasteiger partial charge < -0.3 is 14.8 Å².